The van der Waals surface area contributed by atoms with E-state index >= 15 is 0 Å². The summed E-state index contributed by atoms with van der Waals surface area (Å²) in [7, 11) is -3.25. The van der Waals surface area contributed by atoms with Gasteiger partial charge in [0.2, 0.25) is 0 Å². The maximum absolute atomic E-state index is 11.3. The van der Waals surface area contributed by atoms with E-state index in [9.17, 15) is 8.42 Å². The largest absolute Gasteiger partial charge is 0.383 e. The van der Waals surface area contributed by atoms with Crippen LogP contribution in [0.15, 0.2) is 17.2 Å². The average molecular weight is 212 g/mol. The van der Waals surface area contributed by atoms with Crippen LogP contribution in [0.5, 0.6) is 0 Å². The molecule has 0 radical (unpaired) electrons. The Morgan fingerprint density at radius 2 is 2.14 bits per heavy atom. The predicted octanol–water partition coefficient (Wildman–Crippen LogP) is 0.945. The average Bonchev–Trinajstić information content (AvgIpc) is 2.85. The molecule has 1 aliphatic rings. The van der Waals surface area contributed by atoms with Crippen LogP contribution in [-0.2, 0) is 9.84 Å². The summed E-state index contributed by atoms with van der Waals surface area (Å²) >= 11 is 0. The zero-order valence-electron chi connectivity index (χ0n) is 7.90. The monoisotopic (exact) mass is 212 g/mol. The van der Waals surface area contributed by atoms with Crippen molar-refractivity contribution in [2.24, 2.45) is 0 Å². The fraction of sp³-hybridized carbons (Fsp3) is 0.444. The molecule has 0 spiro atoms. The first-order chi connectivity index (χ1) is 6.48. The van der Waals surface area contributed by atoms with E-state index in [1.807, 2.05) is 0 Å². The molecule has 4 nitrogen and oxygen atoms in total. The van der Waals surface area contributed by atoms with Crippen LogP contribution in [0.3, 0.4) is 0 Å². The van der Waals surface area contributed by atoms with Gasteiger partial charge in [0.25, 0.3) is 0 Å². The van der Waals surface area contributed by atoms with Crippen molar-refractivity contribution in [3.63, 3.8) is 0 Å². The predicted molar refractivity (Wildman–Crippen MR) is 53.7 cm³/mol. The molecule has 1 aromatic heterocycles. The SMILES string of the molecule is CS(=O)(=O)c1cc(C2CC2)cnc1N. The van der Waals surface area contributed by atoms with Crippen molar-refractivity contribution < 1.29 is 8.42 Å². The van der Waals surface area contributed by atoms with Gasteiger partial charge < -0.3 is 5.73 Å². The zero-order chi connectivity index (χ0) is 10.3. The van der Waals surface area contributed by atoms with Gasteiger partial charge >= 0.3 is 0 Å². The van der Waals surface area contributed by atoms with Crippen molar-refractivity contribution in [1.29, 1.82) is 0 Å². The lowest BCUT2D eigenvalue weighted by atomic mass is 10.2. The van der Waals surface area contributed by atoms with E-state index in [-0.39, 0.29) is 10.7 Å². The number of aromatic nitrogens is 1. The number of pyridine rings is 1. The zero-order valence-corrected chi connectivity index (χ0v) is 8.71. The highest BCUT2D eigenvalue weighted by Gasteiger charge is 2.25. The van der Waals surface area contributed by atoms with E-state index in [4.69, 9.17) is 5.73 Å². The molecule has 1 saturated carbocycles. The quantitative estimate of drug-likeness (QED) is 0.792. The van der Waals surface area contributed by atoms with Crippen molar-refractivity contribution in [3.05, 3.63) is 17.8 Å². The Labute approximate surface area is 83.1 Å². The summed E-state index contributed by atoms with van der Waals surface area (Å²) in [6.07, 6.45) is 5.06. The van der Waals surface area contributed by atoms with Gasteiger partial charge in [-0.15, -0.1) is 0 Å². The molecule has 5 heteroatoms. The van der Waals surface area contributed by atoms with Gasteiger partial charge in [0, 0.05) is 12.5 Å². The van der Waals surface area contributed by atoms with Crippen LogP contribution in [0.2, 0.25) is 0 Å². The second-order valence-corrected chi connectivity index (χ2v) is 5.68. The summed E-state index contributed by atoms with van der Waals surface area (Å²) < 4.78 is 22.7. The van der Waals surface area contributed by atoms with Crippen molar-refractivity contribution in [3.8, 4) is 0 Å². The molecular formula is C9H12N2O2S. The van der Waals surface area contributed by atoms with Crippen molar-refractivity contribution in [2.75, 3.05) is 12.0 Å². The van der Waals surface area contributed by atoms with Crippen LogP contribution >= 0.6 is 0 Å². The third-order valence-corrected chi connectivity index (χ3v) is 3.48. The van der Waals surface area contributed by atoms with Crippen LogP contribution in [0, 0.1) is 0 Å². The molecule has 0 bridgehead atoms. The van der Waals surface area contributed by atoms with E-state index in [1.54, 1.807) is 12.3 Å². The lowest BCUT2D eigenvalue weighted by Gasteiger charge is -2.04. The maximum atomic E-state index is 11.3. The highest BCUT2D eigenvalue weighted by atomic mass is 32.2. The minimum absolute atomic E-state index is 0.0944. The standard InChI is InChI=1S/C9H12N2O2S/c1-14(12,13)8-4-7(6-2-3-6)5-11-9(8)10/h4-6H,2-3H2,1H3,(H2,10,11). The minimum Gasteiger partial charge on any atom is -0.383 e. The first kappa shape index (κ1) is 9.45. The minimum atomic E-state index is -3.25. The van der Waals surface area contributed by atoms with Crippen LogP contribution in [-0.4, -0.2) is 19.7 Å². The number of sulfone groups is 1. The van der Waals surface area contributed by atoms with E-state index in [0.29, 0.717) is 5.92 Å². The van der Waals surface area contributed by atoms with Crippen LogP contribution in [0.25, 0.3) is 0 Å². The molecule has 0 amide bonds. The highest BCUT2D eigenvalue weighted by Crippen LogP contribution is 2.40. The normalized spacial score (nSPS) is 16.9. The molecule has 0 unspecified atom stereocenters. The molecule has 2 rings (SSSR count). The first-order valence-electron chi connectivity index (χ1n) is 4.44. The highest BCUT2D eigenvalue weighted by molar-refractivity contribution is 7.90. The van der Waals surface area contributed by atoms with E-state index in [2.05, 4.69) is 4.98 Å². The van der Waals surface area contributed by atoms with Crippen LogP contribution in [0.4, 0.5) is 5.82 Å². The third-order valence-electron chi connectivity index (χ3n) is 2.35. The van der Waals surface area contributed by atoms with Crippen molar-refractivity contribution in [2.45, 2.75) is 23.7 Å². The Hall–Kier alpha value is -1.10. The second kappa shape index (κ2) is 2.95. The number of nitrogens with zero attached hydrogens (tertiary/aromatic N) is 1. The topological polar surface area (TPSA) is 73.0 Å². The number of nitrogen functional groups attached to an aromatic ring is 1. The molecular weight excluding hydrogens is 200 g/mol. The fourth-order valence-corrected chi connectivity index (χ4v) is 2.19. The molecule has 0 aromatic carbocycles. The molecule has 1 aliphatic carbocycles. The van der Waals surface area contributed by atoms with Gasteiger partial charge in [-0.2, -0.15) is 0 Å². The molecule has 14 heavy (non-hydrogen) atoms. The molecule has 0 atom stereocenters. The summed E-state index contributed by atoms with van der Waals surface area (Å²) in [5, 5.41) is 0. The molecule has 1 aromatic rings. The molecule has 0 saturated heterocycles. The Bertz CT molecular complexity index is 464. The van der Waals surface area contributed by atoms with Crippen molar-refractivity contribution >= 4 is 15.7 Å². The van der Waals surface area contributed by atoms with Gasteiger partial charge in [0.1, 0.15) is 10.7 Å². The molecule has 1 fully saturated rings. The first-order valence-corrected chi connectivity index (χ1v) is 6.33. The van der Waals surface area contributed by atoms with Gasteiger partial charge in [-0.25, -0.2) is 13.4 Å². The lowest BCUT2D eigenvalue weighted by molar-refractivity contribution is 0.602. The lowest BCUT2D eigenvalue weighted by Crippen LogP contribution is -2.05. The second-order valence-electron chi connectivity index (χ2n) is 3.70. The Morgan fingerprint density at radius 1 is 1.50 bits per heavy atom. The van der Waals surface area contributed by atoms with Crippen molar-refractivity contribution in [1.82, 2.24) is 4.98 Å². The Morgan fingerprint density at radius 3 is 2.64 bits per heavy atom. The molecule has 76 valence electrons. The van der Waals surface area contributed by atoms with Gasteiger partial charge in [-0.05, 0) is 30.4 Å². The summed E-state index contributed by atoms with van der Waals surface area (Å²) in [4.78, 5) is 4.06. The van der Waals surface area contributed by atoms with E-state index in [1.165, 1.54) is 0 Å². The Balaban J connectivity index is 2.52. The Kier molecular flexibility index (Phi) is 1.99. The van der Waals surface area contributed by atoms with Gasteiger partial charge in [-0.3, -0.25) is 0 Å². The number of hydrogen-bond donors (Lipinski definition) is 1. The maximum Gasteiger partial charge on any atom is 0.179 e. The van der Waals surface area contributed by atoms with E-state index < -0.39 is 9.84 Å². The molecule has 1 heterocycles. The summed E-state index contributed by atoms with van der Waals surface area (Å²) in [6, 6.07) is 1.65. The fourth-order valence-electron chi connectivity index (χ4n) is 1.41. The van der Waals surface area contributed by atoms with E-state index in [0.717, 1.165) is 24.7 Å². The molecule has 0 aliphatic heterocycles. The van der Waals surface area contributed by atoms with Gasteiger partial charge in [-0.1, -0.05) is 0 Å². The summed E-state index contributed by atoms with van der Waals surface area (Å²) in [5.74, 6) is 0.584. The third kappa shape index (κ3) is 1.72. The smallest absolute Gasteiger partial charge is 0.179 e. The van der Waals surface area contributed by atoms with Gasteiger partial charge in [0.15, 0.2) is 9.84 Å². The molecule has 2 N–H and O–H groups in total. The summed E-state index contributed by atoms with van der Waals surface area (Å²) in [6.45, 7) is 0. The number of hydrogen-bond acceptors (Lipinski definition) is 4. The van der Waals surface area contributed by atoms with Crippen LogP contribution in [0.1, 0.15) is 24.3 Å². The van der Waals surface area contributed by atoms with Crippen LogP contribution < -0.4 is 5.73 Å². The number of nitrogens with two attached hydrogens (primary N) is 1. The van der Waals surface area contributed by atoms with Gasteiger partial charge in [0.05, 0.1) is 0 Å². The number of rotatable bonds is 2. The number of anilines is 1. The summed E-state index contributed by atoms with van der Waals surface area (Å²) in [5.41, 5.74) is 6.49.